The Kier molecular flexibility index (Phi) is 23.6. The van der Waals surface area contributed by atoms with Crippen molar-refractivity contribution in [3.63, 3.8) is 0 Å². The number of rotatable bonds is 24. The SMILES string of the molecule is CCCCCCC[CH2][Sn]([CH2]CCCCCCC)([O]C(=O)C=CC(=O)OCC(C)C)[O]C(=O)C=CC(=O)OCC(C)C. The number of carbonyl (C=O) groups is 4. The molecule has 41 heavy (non-hydrogen) atoms. The summed E-state index contributed by atoms with van der Waals surface area (Å²) in [7, 11) is 0. The van der Waals surface area contributed by atoms with Crippen LogP contribution in [0.4, 0.5) is 0 Å². The van der Waals surface area contributed by atoms with Crippen molar-refractivity contribution in [3.05, 3.63) is 24.3 Å². The topological polar surface area (TPSA) is 105 Å². The first-order valence-corrected chi connectivity index (χ1v) is 22.1. The number of carbonyl (C=O) groups excluding carboxylic acids is 4. The standard InChI is InChI=1S/2C8H12O4.2C8H17.Sn/c2*1-6(2)5-12-8(11)4-3-7(9)10;2*1-3-5-7-8-6-4-2;/h2*3-4,6H,5H2,1-2H3,(H,9,10);2*1,3-8H2,2H3;/q;;;;+2/p-2. The predicted octanol–water partition coefficient (Wildman–Crippen LogP) is 7.75. The van der Waals surface area contributed by atoms with Gasteiger partial charge in [0.25, 0.3) is 0 Å². The Hall–Kier alpha value is -1.84. The molecule has 0 spiro atoms. The molecule has 0 aromatic heterocycles. The molecule has 0 bridgehead atoms. The van der Waals surface area contributed by atoms with Gasteiger partial charge in [-0.05, 0) is 0 Å². The molecule has 0 radical (unpaired) electrons. The van der Waals surface area contributed by atoms with Crippen molar-refractivity contribution in [1.82, 2.24) is 0 Å². The molecular weight excluding hydrogens is 631 g/mol. The van der Waals surface area contributed by atoms with Crippen molar-refractivity contribution in [1.29, 1.82) is 0 Å². The summed E-state index contributed by atoms with van der Waals surface area (Å²) in [5.41, 5.74) is 0. The van der Waals surface area contributed by atoms with Crippen LogP contribution in [-0.2, 0) is 34.8 Å². The second kappa shape index (κ2) is 24.7. The summed E-state index contributed by atoms with van der Waals surface area (Å²) in [6.07, 6.45) is 16.8. The van der Waals surface area contributed by atoms with Gasteiger partial charge in [-0.25, -0.2) is 0 Å². The average molecular weight is 688 g/mol. The zero-order valence-corrected chi connectivity index (χ0v) is 29.4. The molecule has 9 heteroatoms. The van der Waals surface area contributed by atoms with E-state index < -0.39 is 43.1 Å². The number of ether oxygens (including phenoxy) is 2. The van der Waals surface area contributed by atoms with Crippen LogP contribution in [0.3, 0.4) is 0 Å². The summed E-state index contributed by atoms with van der Waals surface area (Å²) >= 11 is -4.34. The number of esters is 2. The maximum absolute atomic E-state index is 12.9. The van der Waals surface area contributed by atoms with E-state index in [9.17, 15) is 19.2 Å². The molecule has 0 N–H and O–H groups in total. The minimum absolute atomic E-state index is 0.174. The van der Waals surface area contributed by atoms with Crippen LogP contribution in [0.5, 0.6) is 0 Å². The van der Waals surface area contributed by atoms with Crippen LogP contribution >= 0.6 is 0 Å². The van der Waals surface area contributed by atoms with Gasteiger partial charge in [-0.2, -0.15) is 0 Å². The van der Waals surface area contributed by atoms with E-state index in [0.717, 1.165) is 88.5 Å². The van der Waals surface area contributed by atoms with Crippen molar-refractivity contribution in [2.45, 2.75) is 127 Å². The molecule has 8 nitrogen and oxygen atoms in total. The molecule has 0 atom stereocenters. The van der Waals surface area contributed by atoms with Gasteiger partial charge in [0.15, 0.2) is 0 Å². The third kappa shape index (κ3) is 23.4. The Morgan fingerprint density at radius 2 is 0.829 bits per heavy atom. The molecule has 0 aromatic carbocycles. The molecule has 0 unspecified atom stereocenters. The monoisotopic (exact) mass is 688 g/mol. The Labute approximate surface area is 253 Å². The Morgan fingerprint density at radius 3 is 1.17 bits per heavy atom. The fourth-order valence-electron chi connectivity index (χ4n) is 4.00. The summed E-state index contributed by atoms with van der Waals surface area (Å²) in [6.45, 7) is 12.5. The van der Waals surface area contributed by atoms with Gasteiger partial charge in [-0.15, -0.1) is 0 Å². The van der Waals surface area contributed by atoms with E-state index >= 15 is 0 Å². The van der Waals surface area contributed by atoms with Gasteiger partial charge in [0.05, 0.1) is 0 Å². The number of hydrogen-bond acceptors (Lipinski definition) is 8. The fraction of sp³-hybridized carbons (Fsp3) is 0.750. The molecule has 0 saturated carbocycles. The second-order valence-corrected chi connectivity index (χ2v) is 20.7. The Balaban J connectivity index is 5.69. The first-order valence-electron chi connectivity index (χ1n) is 15.7. The van der Waals surface area contributed by atoms with Crippen molar-refractivity contribution < 1.29 is 34.8 Å². The third-order valence-electron chi connectivity index (χ3n) is 6.22. The third-order valence-corrected chi connectivity index (χ3v) is 15.9. The van der Waals surface area contributed by atoms with Crippen molar-refractivity contribution in [2.75, 3.05) is 13.2 Å². The van der Waals surface area contributed by atoms with E-state index in [1.54, 1.807) is 0 Å². The summed E-state index contributed by atoms with van der Waals surface area (Å²) in [4.78, 5) is 49.8. The van der Waals surface area contributed by atoms with Crippen molar-refractivity contribution in [2.24, 2.45) is 11.8 Å². The molecule has 0 amide bonds. The van der Waals surface area contributed by atoms with Crippen LogP contribution in [0, 0.1) is 11.8 Å². The van der Waals surface area contributed by atoms with E-state index in [2.05, 4.69) is 13.8 Å². The summed E-state index contributed by atoms with van der Waals surface area (Å²) in [5, 5.41) is 0. The maximum atomic E-state index is 12.9. The van der Waals surface area contributed by atoms with E-state index in [-0.39, 0.29) is 25.0 Å². The average Bonchev–Trinajstić information content (AvgIpc) is 2.92. The van der Waals surface area contributed by atoms with Crippen LogP contribution in [-0.4, -0.2) is 56.3 Å². The normalized spacial score (nSPS) is 11.9. The first kappa shape index (κ1) is 39.2. The van der Waals surface area contributed by atoms with Crippen LogP contribution in [0.15, 0.2) is 24.3 Å². The van der Waals surface area contributed by atoms with E-state index in [0.29, 0.717) is 8.87 Å². The summed E-state index contributed by atoms with van der Waals surface area (Å²) < 4.78 is 23.3. The zero-order chi connectivity index (χ0) is 30.9. The second-order valence-electron chi connectivity index (χ2n) is 11.5. The molecule has 236 valence electrons. The van der Waals surface area contributed by atoms with Crippen molar-refractivity contribution in [3.8, 4) is 0 Å². The number of unbranched alkanes of at least 4 members (excludes halogenated alkanes) is 10. The van der Waals surface area contributed by atoms with Gasteiger partial charge >= 0.3 is 255 Å². The minimum atomic E-state index is -4.34. The summed E-state index contributed by atoms with van der Waals surface area (Å²) in [6, 6.07) is 0. The first-order chi connectivity index (χ1) is 19.5. The van der Waals surface area contributed by atoms with Gasteiger partial charge in [0.1, 0.15) is 0 Å². The summed E-state index contributed by atoms with van der Waals surface area (Å²) in [5.74, 6) is -2.30. The van der Waals surface area contributed by atoms with E-state index in [1.165, 1.54) is 12.8 Å². The van der Waals surface area contributed by atoms with Crippen LogP contribution in [0.25, 0.3) is 0 Å². The van der Waals surface area contributed by atoms with Gasteiger partial charge in [-0.3, -0.25) is 0 Å². The van der Waals surface area contributed by atoms with Gasteiger partial charge in [0.2, 0.25) is 0 Å². The van der Waals surface area contributed by atoms with Gasteiger partial charge in [0, 0.05) is 0 Å². The molecule has 0 aliphatic carbocycles. The van der Waals surface area contributed by atoms with Gasteiger partial charge in [-0.1, -0.05) is 0 Å². The number of hydrogen-bond donors (Lipinski definition) is 0. The molecule has 0 aliphatic heterocycles. The molecule has 0 saturated heterocycles. The van der Waals surface area contributed by atoms with E-state index in [1.807, 2.05) is 27.7 Å². The van der Waals surface area contributed by atoms with Crippen LogP contribution in [0.2, 0.25) is 8.87 Å². The Bertz CT molecular complexity index is 738. The molecule has 0 aliphatic rings. The fourth-order valence-corrected chi connectivity index (χ4v) is 13.0. The molecule has 0 aromatic rings. The van der Waals surface area contributed by atoms with E-state index in [4.69, 9.17) is 15.6 Å². The predicted molar refractivity (Wildman–Crippen MR) is 164 cm³/mol. The molecule has 0 heterocycles. The van der Waals surface area contributed by atoms with Crippen LogP contribution < -0.4 is 0 Å². The molecule has 0 rings (SSSR count). The zero-order valence-electron chi connectivity index (χ0n) is 26.5. The molecule has 0 fully saturated rings. The molecular formula is C32H56O8Sn. The van der Waals surface area contributed by atoms with Crippen molar-refractivity contribution >= 4 is 43.1 Å². The van der Waals surface area contributed by atoms with Crippen LogP contribution in [0.1, 0.15) is 119 Å². The Morgan fingerprint density at radius 1 is 0.512 bits per heavy atom. The quantitative estimate of drug-likeness (QED) is 0.0439. The van der Waals surface area contributed by atoms with Gasteiger partial charge < -0.3 is 0 Å².